The minimum atomic E-state index is -0.144. The zero-order valence-electron chi connectivity index (χ0n) is 12.2. The Hall–Kier alpha value is -1.55. The summed E-state index contributed by atoms with van der Waals surface area (Å²) < 4.78 is 0. The van der Waals surface area contributed by atoms with Crippen molar-refractivity contribution in [2.45, 2.75) is 33.7 Å². The molecule has 1 aromatic rings. The fourth-order valence-corrected chi connectivity index (χ4v) is 1.97. The third kappa shape index (κ3) is 4.56. The summed E-state index contributed by atoms with van der Waals surface area (Å²) in [5.41, 5.74) is 1.27. The van der Waals surface area contributed by atoms with Gasteiger partial charge in [0.25, 0.3) is 5.91 Å². The maximum absolute atomic E-state index is 12.0. The Bertz CT molecular complexity index is 428. The highest BCUT2D eigenvalue weighted by Crippen LogP contribution is 2.17. The highest BCUT2D eigenvalue weighted by atomic mass is 16.3. The highest BCUT2D eigenvalue weighted by molar-refractivity contribution is 5.94. The van der Waals surface area contributed by atoms with Gasteiger partial charge in [0.1, 0.15) is 5.75 Å². The van der Waals surface area contributed by atoms with Gasteiger partial charge in [0, 0.05) is 18.2 Å². The van der Waals surface area contributed by atoms with Crippen LogP contribution in [0.25, 0.3) is 0 Å². The topological polar surface area (TPSA) is 52.6 Å². The van der Waals surface area contributed by atoms with E-state index in [1.54, 1.807) is 19.1 Å². The van der Waals surface area contributed by atoms with Crippen LogP contribution in [0.4, 0.5) is 0 Å². The maximum atomic E-state index is 12.0. The molecular weight excluding hydrogens is 240 g/mol. The second-order valence-corrected chi connectivity index (χ2v) is 4.86. The molecule has 0 aliphatic rings. The lowest BCUT2D eigenvalue weighted by Crippen LogP contribution is -2.41. The monoisotopic (exact) mass is 264 g/mol. The number of nitrogens with one attached hydrogen (secondary N) is 1. The summed E-state index contributed by atoms with van der Waals surface area (Å²) in [6.45, 7) is 10.8. The average molecular weight is 264 g/mol. The molecule has 1 unspecified atom stereocenters. The Morgan fingerprint density at radius 1 is 1.37 bits per heavy atom. The first-order valence-corrected chi connectivity index (χ1v) is 6.80. The van der Waals surface area contributed by atoms with Gasteiger partial charge in [-0.15, -0.1) is 0 Å². The lowest BCUT2D eigenvalue weighted by Gasteiger charge is -2.23. The molecule has 0 aromatic heterocycles. The molecule has 0 bridgehead atoms. The minimum Gasteiger partial charge on any atom is -0.508 e. The first-order chi connectivity index (χ1) is 8.97. The number of phenols is 1. The zero-order chi connectivity index (χ0) is 14.4. The number of hydrogen-bond acceptors (Lipinski definition) is 3. The van der Waals surface area contributed by atoms with Crippen LogP contribution in [0.1, 0.15) is 36.7 Å². The third-order valence-electron chi connectivity index (χ3n) is 3.28. The van der Waals surface area contributed by atoms with Gasteiger partial charge in [0.2, 0.25) is 0 Å². The predicted molar refractivity (Wildman–Crippen MR) is 77.6 cm³/mol. The number of rotatable bonds is 6. The molecule has 0 saturated carbocycles. The Labute approximate surface area is 115 Å². The van der Waals surface area contributed by atoms with Crippen molar-refractivity contribution in [1.82, 2.24) is 10.2 Å². The molecule has 0 spiro atoms. The van der Waals surface area contributed by atoms with E-state index in [9.17, 15) is 9.90 Å². The van der Waals surface area contributed by atoms with Crippen molar-refractivity contribution in [1.29, 1.82) is 0 Å². The van der Waals surface area contributed by atoms with E-state index < -0.39 is 0 Å². The Balaban J connectivity index is 2.61. The van der Waals surface area contributed by atoms with Gasteiger partial charge >= 0.3 is 0 Å². The zero-order valence-corrected chi connectivity index (χ0v) is 12.2. The summed E-state index contributed by atoms with van der Waals surface area (Å²) in [6, 6.07) is 5.07. The molecule has 0 heterocycles. The number of carbonyl (C=O) groups is 1. The number of hydrogen-bond donors (Lipinski definition) is 2. The number of aromatic hydroxyl groups is 1. The normalized spacial score (nSPS) is 12.5. The molecule has 1 aromatic carbocycles. The van der Waals surface area contributed by atoms with Crippen molar-refractivity contribution in [3.8, 4) is 5.75 Å². The first-order valence-electron chi connectivity index (χ1n) is 6.80. The molecule has 4 nitrogen and oxygen atoms in total. The summed E-state index contributed by atoms with van der Waals surface area (Å²) in [4.78, 5) is 14.3. The summed E-state index contributed by atoms with van der Waals surface area (Å²) in [5, 5.41) is 12.6. The largest absolute Gasteiger partial charge is 0.508 e. The number of likely N-dealkylation sites (N-methyl/N-ethyl adjacent to an activating group) is 1. The molecule has 4 heteroatoms. The number of amides is 1. The molecule has 19 heavy (non-hydrogen) atoms. The summed E-state index contributed by atoms with van der Waals surface area (Å²) in [5.74, 6) is 0.0130. The number of carbonyl (C=O) groups excluding carboxylic acids is 1. The van der Waals surface area contributed by atoms with Gasteiger partial charge in [-0.3, -0.25) is 4.79 Å². The molecule has 2 N–H and O–H groups in total. The maximum Gasteiger partial charge on any atom is 0.251 e. The summed E-state index contributed by atoms with van der Waals surface area (Å²) in [6.07, 6.45) is 0. The molecule has 0 aliphatic heterocycles. The molecule has 106 valence electrons. The van der Waals surface area contributed by atoms with Gasteiger partial charge in [-0.1, -0.05) is 19.9 Å². The van der Waals surface area contributed by atoms with Gasteiger partial charge in [-0.2, -0.15) is 0 Å². The fraction of sp³-hybridized carbons (Fsp3) is 0.533. The van der Waals surface area contributed by atoms with Crippen molar-refractivity contribution >= 4 is 5.91 Å². The SMILES string of the molecule is CCN(CC)CC(C)NC(=O)c1ccc(C)c(O)c1. The lowest BCUT2D eigenvalue weighted by molar-refractivity contribution is 0.0930. The molecule has 1 amide bonds. The highest BCUT2D eigenvalue weighted by Gasteiger charge is 2.12. The van der Waals surface area contributed by atoms with Crippen LogP contribution >= 0.6 is 0 Å². The van der Waals surface area contributed by atoms with Crippen molar-refractivity contribution in [3.63, 3.8) is 0 Å². The van der Waals surface area contributed by atoms with Crippen molar-refractivity contribution in [3.05, 3.63) is 29.3 Å². The third-order valence-corrected chi connectivity index (χ3v) is 3.28. The fourth-order valence-electron chi connectivity index (χ4n) is 1.97. The van der Waals surface area contributed by atoms with E-state index in [1.807, 2.05) is 6.92 Å². The number of phenolic OH excluding ortho intramolecular Hbond substituents is 1. The van der Waals surface area contributed by atoms with Gasteiger partial charge in [-0.25, -0.2) is 0 Å². The second kappa shape index (κ2) is 7.14. The number of aryl methyl sites for hydroxylation is 1. The van der Waals surface area contributed by atoms with Gasteiger partial charge in [0.05, 0.1) is 0 Å². The molecular formula is C15H24N2O2. The lowest BCUT2D eigenvalue weighted by atomic mass is 10.1. The van der Waals surface area contributed by atoms with Crippen LogP contribution < -0.4 is 5.32 Å². The quantitative estimate of drug-likeness (QED) is 0.828. The van der Waals surface area contributed by atoms with E-state index in [0.29, 0.717) is 5.56 Å². The van der Waals surface area contributed by atoms with E-state index in [0.717, 1.165) is 25.2 Å². The Morgan fingerprint density at radius 2 is 2.00 bits per heavy atom. The molecule has 1 atom stereocenters. The van der Waals surface area contributed by atoms with E-state index in [4.69, 9.17) is 0 Å². The van der Waals surface area contributed by atoms with Crippen molar-refractivity contribution < 1.29 is 9.90 Å². The van der Waals surface area contributed by atoms with E-state index in [1.165, 1.54) is 6.07 Å². The van der Waals surface area contributed by atoms with Crippen LogP contribution in [0.3, 0.4) is 0 Å². The molecule has 0 saturated heterocycles. The van der Waals surface area contributed by atoms with Crippen LogP contribution in [-0.4, -0.2) is 41.6 Å². The van der Waals surface area contributed by atoms with Crippen LogP contribution in [-0.2, 0) is 0 Å². The predicted octanol–water partition coefficient (Wildman–Crippen LogP) is 2.16. The van der Waals surface area contributed by atoms with Gasteiger partial charge < -0.3 is 15.3 Å². The second-order valence-electron chi connectivity index (χ2n) is 4.86. The van der Waals surface area contributed by atoms with Gasteiger partial charge in [0.15, 0.2) is 0 Å². The van der Waals surface area contributed by atoms with Crippen molar-refractivity contribution in [2.75, 3.05) is 19.6 Å². The Morgan fingerprint density at radius 3 is 2.53 bits per heavy atom. The van der Waals surface area contributed by atoms with Crippen LogP contribution in [0, 0.1) is 6.92 Å². The van der Waals surface area contributed by atoms with Gasteiger partial charge in [-0.05, 0) is 44.6 Å². The Kier molecular flexibility index (Phi) is 5.83. The number of nitrogens with zero attached hydrogens (tertiary/aromatic N) is 1. The van der Waals surface area contributed by atoms with E-state index in [2.05, 4.69) is 24.1 Å². The van der Waals surface area contributed by atoms with Crippen LogP contribution in [0.15, 0.2) is 18.2 Å². The minimum absolute atomic E-state index is 0.0795. The van der Waals surface area contributed by atoms with Crippen LogP contribution in [0.2, 0.25) is 0 Å². The van der Waals surface area contributed by atoms with Crippen LogP contribution in [0.5, 0.6) is 5.75 Å². The molecule has 1 rings (SSSR count). The molecule has 0 radical (unpaired) electrons. The molecule has 0 fully saturated rings. The first kappa shape index (κ1) is 15.5. The summed E-state index contributed by atoms with van der Waals surface area (Å²) >= 11 is 0. The number of benzene rings is 1. The summed E-state index contributed by atoms with van der Waals surface area (Å²) in [7, 11) is 0. The molecule has 0 aliphatic carbocycles. The standard InChI is InChI=1S/C15H24N2O2/c1-5-17(6-2)10-12(4)16-15(19)13-8-7-11(3)14(18)9-13/h7-9,12,18H,5-6,10H2,1-4H3,(H,16,19). The van der Waals surface area contributed by atoms with Crippen molar-refractivity contribution in [2.24, 2.45) is 0 Å². The average Bonchev–Trinajstić information content (AvgIpc) is 2.38. The van der Waals surface area contributed by atoms with E-state index in [-0.39, 0.29) is 17.7 Å². The smallest absolute Gasteiger partial charge is 0.251 e. The van der Waals surface area contributed by atoms with E-state index >= 15 is 0 Å².